The molecule has 0 heterocycles. The van der Waals surface area contributed by atoms with Crippen LogP contribution in [-0.2, 0) is 25.6 Å². The summed E-state index contributed by atoms with van der Waals surface area (Å²) in [5, 5.41) is 26.7. The molecule has 3 amide bonds. The largest absolute Gasteiger partial charge is 0.508 e. The molecule has 33 heavy (non-hydrogen) atoms. The minimum Gasteiger partial charge on any atom is -0.508 e. The van der Waals surface area contributed by atoms with Gasteiger partial charge in [0.1, 0.15) is 23.9 Å². The number of phenols is 1. The van der Waals surface area contributed by atoms with Gasteiger partial charge in [-0.05, 0) is 42.9 Å². The fraction of sp³-hybridized carbons (Fsp3) is 0.565. The molecule has 0 aromatic heterocycles. The highest BCUT2D eigenvalue weighted by Gasteiger charge is 2.31. The maximum absolute atomic E-state index is 13.0. The molecular weight excluding hydrogens is 428 g/mol. The van der Waals surface area contributed by atoms with E-state index in [0.29, 0.717) is 5.56 Å². The molecule has 0 aliphatic rings. The Morgan fingerprint density at radius 3 is 1.85 bits per heavy atom. The molecular formula is C23H36N4O6. The molecule has 1 rings (SSSR count). The van der Waals surface area contributed by atoms with E-state index in [9.17, 15) is 29.4 Å². The molecule has 10 heteroatoms. The second-order valence-electron chi connectivity index (χ2n) is 8.98. The third-order valence-electron chi connectivity index (χ3n) is 4.99. The Morgan fingerprint density at radius 1 is 0.848 bits per heavy atom. The number of carbonyl (C=O) groups is 4. The van der Waals surface area contributed by atoms with Gasteiger partial charge < -0.3 is 31.9 Å². The van der Waals surface area contributed by atoms with Gasteiger partial charge in [0.2, 0.25) is 17.7 Å². The minimum atomic E-state index is -1.23. The first-order valence-corrected chi connectivity index (χ1v) is 11.0. The molecule has 0 fully saturated rings. The van der Waals surface area contributed by atoms with Crippen molar-refractivity contribution in [2.75, 3.05) is 0 Å². The molecule has 0 aliphatic heterocycles. The molecule has 10 nitrogen and oxygen atoms in total. The first-order chi connectivity index (χ1) is 15.3. The Hall–Kier alpha value is -3.14. The van der Waals surface area contributed by atoms with Gasteiger partial charge in [-0.25, -0.2) is 4.79 Å². The number of nitrogens with one attached hydrogen (secondary N) is 3. The number of hydrogen-bond acceptors (Lipinski definition) is 6. The minimum absolute atomic E-state index is 0.00274. The maximum Gasteiger partial charge on any atom is 0.326 e. The predicted octanol–water partition coefficient (Wildman–Crippen LogP) is 0.523. The van der Waals surface area contributed by atoms with Gasteiger partial charge >= 0.3 is 5.97 Å². The number of carboxylic acids is 1. The zero-order chi connectivity index (χ0) is 25.3. The van der Waals surface area contributed by atoms with Gasteiger partial charge in [-0.15, -0.1) is 0 Å². The second-order valence-corrected chi connectivity index (χ2v) is 8.98. The highest BCUT2D eigenvalue weighted by molar-refractivity contribution is 5.94. The van der Waals surface area contributed by atoms with Crippen molar-refractivity contribution in [3.05, 3.63) is 29.8 Å². The number of rotatable bonds is 12. The van der Waals surface area contributed by atoms with Gasteiger partial charge in [0.05, 0.1) is 6.04 Å². The number of benzene rings is 1. The first kappa shape index (κ1) is 27.9. The summed E-state index contributed by atoms with van der Waals surface area (Å²) in [5.74, 6) is -3.10. The number of carbonyl (C=O) groups excluding carboxylic acids is 3. The zero-order valence-electron chi connectivity index (χ0n) is 19.8. The van der Waals surface area contributed by atoms with Crippen molar-refractivity contribution in [2.24, 2.45) is 17.6 Å². The maximum atomic E-state index is 13.0. The van der Waals surface area contributed by atoms with Crippen LogP contribution in [0.15, 0.2) is 24.3 Å². The van der Waals surface area contributed by atoms with E-state index in [1.54, 1.807) is 26.0 Å². The van der Waals surface area contributed by atoms with Crippen LogP contribution in [0.25, 0.3) is 0 Å². The summed E-state index contributed by atoms with van der Waals surface area (Å²) in [6, 6.07) is 2.07. The quantitative estimate of drug-likeness (QED) is 0.262. The average Bonchev–Trinajstić information content (AvgIpc) is 2.71. The topological polar surface area (TPSA) is 171 Å². The van der Waals surface area contributed by atoms with Crippen molar-refractivity contribution in [3.63, 3.8) is 0 Å². The SMILES string of the molecule is CC(C)CC(NC(=O)C(NC(=O)C(C)N)C(C)C)C(=O)NC(Cc1ccc(O)cc1)C(=O)O. The highest BCUT2D eigenvalue weighted by atomic mass is 16.4. The number of hydrogen-bond donors (Lipinski definition) is 6. The van der Waals surface area contributed by atoms with Gasteiger partial charge in [-0.3, -0.25) is 14.4 Å². The van der Waals surface area contributed by atoms with Crippen LogP contribution < -0.4 is 21.7 Å². The second kappa shape index (κ2) is 12.8. The van der Waals surface area contributed by atoms with Gasteiger partial charge in [0.15, 0.2) is 0 Å². The lowest BCUT2D eigenvalue weighted by molar-refractivity contribution is -0.142. The van der Waals surface area contributed by atoms with Crippen molar-refractivity contribution < 1.29 is 29.4 Å². The summed E-state index contributed by atoms with van der Waals surface area (Å²) in [6.07, 6.45) is 0.276. The molecule has 4 atom stereocenters. The summed E-state index contributed by atoms with van der Waals surface area (Å²) in [4.78, 5) is 49.6. The molecule has 0 saturated heterocycles. The normalized spacial score (nSPS) is 14.8. The molecule has 0 saturated carbocycles. The van der Waals surface area contributed by atoms with Crippen molar-refractivity contribution >= 4 is 23.7 Å². The number of carboxylic acid groups (broad SMARTS) is 1. The van der Waals surface area contributed by atoms with Gasteiger partial charge in [0, 0.05) is 6.42 Å². The van der Waals surface area contributed by atoms with E-state index >= 15 is 0 Å². The van der Waals surface area contributed by atoms with Crippen LogP contribution in [0.4, 0.5) is 0 Å². The number of aromatic hydroxyl groups is 1. The molecule has 0 aliphatic carbocycles. The van der Waals surface area contributed by atoms with E-state index in [1.807, 2.05) is 13.8 Å². The molecule has 0 bridgehead atoms. The van der Waals surface area contributed by atoms with Crippen molar-refractivity contribution in [3.8, 4) is 5.75 Å². The summed E-state index contributed by atoms with van der Waals surface area (Å²) in [7, 11) is 0. The van der Waals surface area contributed by atoms with Gasteiger partial charge in [0.25, 0.3) is 0 Å². The van der Waals surface area contributed by atoms with Gasteiger partial charge in [-0.2, -0.15) is 0 Å². The lowest BCUT2D eigenvalue weighted by Crippen LogP contribution is -2.58. The lowest BCUT2D eigenvalue weighted by atomic mass is 9.99. The van der Waals surface area contributed by atoms with Crippen molar-refractivity contribution in [1.82, 2.24) is 16.0 Å². The fourth-order valence-electron chi connectivity index (χ4n) is 3.12. The van der Waals surface area contributed by atoms with E-state index < -0.39 is 47.9 Å². The van der Waals surface area contributed by atoms with Crippen LogP contribution in [0, 0.1) is 11.8 Å². The Balaban J connectivity index is 2.98. The average molecular weight is 465 g/mol. The molecule has 184 valence electrons. The van der Waals surface area contributed by atoms with Crippen molar-refractivity contribution in [1.29, 1.82) is 0 Å². The number of phenolic OH excluding ortho intramolecular Hbond substituents is 1. The summed E-state index contributed by atoms with van der Waals surface area (Å²) in [6.45, 7) is 8.74. The Bertz CT molecular complexity index is 823. The molecule has 4 unspecified atom stereocenters. The molecule has 1 aromatic rings. The summed E-state index contributed by atoms with van der Waals surface area (Å²) >= 11 is 0. The summed E-state index contributed by atoms with van der Waals surface area (Å²) < 4.78 is 0. The van der Waals surface area contributed by atoms with Crippen LogP contribution in [0.2, 0.25) is 0 Å². The van der Waals surface area contributed by atoms with E-state index in [4.69, 9.17) is 5.73 Å². The Labute approximate surface area is 194 Å². The lowest BCUT2D eigenvalue weighted by Gasteiger charge is -2.27. The smallest absolute Gasteiger partial charge is 0.326 e. The molecule has 7 N–H and O–H groups in total. The molecule has 1 aromatic carbocycles. The summed E-state index contributed by atoms with van der Waals surface area (Å²) in [5.41, 5.74) is 6.19. The number of aliphatic carboxylic acids is 1. The van der Waals surface area contributed by atoms with E-state index in [1.165, 1.54) is 19.1 Å². The molecule has 0 spiro atoms. The van der Waals surface area contributed by atoms with Crippen LogP contribution in [-0.4, -0.2) is 58.1 Å². The first-order valence-electron chi connectivity index (χ1n) is 11.0. The highest BCUT2D eigenvalue weighted by Crippen LogP contribution is 2.13. The number of nitrogens with two attached hydrogens (primary N) is 1. The van der Waals surface area contributed by atoms with Crippen LogP contribution >= 0.6 is 0 Å². The zero-order valence-corrected chi connectivity index (χ0v) is 19.8. The van der Waals surface area contributed by atoms with Crippen LogP contribution in [0.3, 0.4) is 0 Å². The van der Waals surface area contributed by atoms with Crippen molar-refractivity contribution in [2.45, 2.75) is 71.6 Å². The van der Waals surface area contributed by atoms with Gasteiger partial charge in [-0.1, -0.05) is 39.8 Å². The van der Waals surface area contributed by atoms with Crippen LogP contribution in [0.1, 0.15) is 46.6 Å². The van der Waals surface area contributed by atoms with E-state index in [-0.39, 0.29) is 30.4 Å². The monoisotopic (exact) mass is 464 g/mol. The Morgan fingerprint density at radius 2 is 1.39 bits per heavy atom. The third kappa shape index (κ3) is 9.48. The van der Waals surface area contributed by atoms with E-state index in [2.05, 4.69) is 16.0 Å². The van der Waals surface area contributed by atoms with Crippen LogP contribution in [0.5, 0.6) is 5.75 Å². The standard InChI is InChI=1S/C23H36N4O6/c1-12(2)10-17(25-22(31)19(13(3)4)27-20(29)14(5)24)21(30)26-18(23(32)33)11-15-6-8-16(28)9-7-15/h6-9,12-14,17-19,28H,10-11,24H2,1-5H3,(H,25,31)(H,26,30)(H,27,29)(H,32,33). The van der Waals surface area contributed by atoms with E-state index in [0.717, 1.165) is 0 Å². The fourth-order valence-corrected chi connectivity index (χ4v) is 3.12. The molecule has 0 radical (unpaired) electrons. The predicted molar refractivity (Wildman–Crippen MR) is 123 cm³/mol. The number of amides is 3. The Kier molecular flexibility index (Phi) is 10.8. The third-order valence-corrected chi connectivity index (χ3v) is 4.99.